The van der Waals surface area contributed by atoms with Crippen LogP contribution in [0.25, 0.3) is 0 Å². The molecule has 1 atom stereocenters. The van der Waals surface area contributed by atoms with Crippen LogP contribution in [0.5, 0.6) is 5.75 Å². The average molecular weight is 451 g/mol. The Kier molecular flexibility index (Phi) is 6.07. The van der Waals surface area contributed by atoms with Crippen molar-refractivity contribution in [3.05, 3.63) is 58.1 Å². The van der Waals surface area contributed by atoms with E-state index < -0.39 is 21.5 Å². The predicted molar refractivity (Wildman–Crippen MR) is 120 cm³/mol. The van der Waals surface area contributed by atoms with Crippen LogP contribution in [0.1, 0.15) is 43.0 Å². The van der Waals surface area contributed by atoms with E-state index in [0.29, 0.717) is 22.7 Å². The number of amides is 1. The number of ether oxygens (including phenoxy) is 1. The molecule has 1 amide bonds. The van der Waals surface area contributed by atoms with Gasteiger partial charge >= 0.3 is 0 Å². The quantitative estimate of drug-likeness (QED) is 0.742. The Morgan fingerprint density at radius 3 is 2.63 bits per heavy atom. The number of hydrogen-bond donors (Lipinski definition) is 1. The Morgan fingerprint density at radius 1 is 1.27 bits per heavy atom. The van der Waals surface area contributed by atoms with Crippen LogP contribution in [0.3, 0.4) is 0 Å². The van der Waals surface area contributed by atoms with Crippen LogP contribution in [0.4, 0.5) is 5.69 Å². The molecule has 1 aliphatic rings. The molecule has 1 heterocycles. The number of fused-ring (bicyclic) bond motifs is 1. The van der Waals surface area contributed by atoms with E-state index in [4.69, 9.17) is 16.3 Å². The fourth-order valence-electron chi connectivity index (χ4n) is 3.71. The number of nitrogens with zero attached hydrogens (tertiary/aromatic N) is 1. The Balaban J connectivity index is 1.87. The van der Waals surface area contributed by atoms with Gasteiger partial charge in [0, 0.05) is 17.0 Å². The molecule has 6 nitrogen and oxygen atoms in total. The summed E-state index contributed by atoms with van der Waals surface area (Å²) in [5.74, 6) is 0.344. The van der Waals surface area contributed by atoms with Crippen molar-refractivity contribution in [2.24, 2.45) is 0 Å². The van der Waals surface area contributed by atoms with E-state index in [1.54, 1.807) is 25.1 Å². The van der Waals surface area contributed by atoms with Crippen molar-refractivity contribution in [3.8, 4) is 5.75 Å². The van der Waals surface area contributed by atoms with Gasteiger partial charge in [0.25, 0.3) is 0 Å². The van der Waals surface area contributed by atoms with Crippen molar-refractivity contribution in [1.82, 2.24) is 5.32 Å². The summed E-state index contributed by atoms with van der Waals surface area (Å²) in [4.78, 5) is 12.9. The van der Waals surface area contributed by atoms with Gasteiger partial charge in [-0.25, -0.2) is 8.42 Å². The standard InChI is InChI=1S/C22H27ClN2O4S/c1-14-9-10-16-18(12-22(3,4)29-20(16)11-14)24-21(26)13-25(30(5,27)28)19-8-6-7-17(23)15(19)2/h6-11,18H,12-13H2,1-5H3,(H,24,26). The third-order valence-corrected chi connectivity index (χ3v) is 6.69. The van der Waals surface area contributed by atoms with Crippen LogP contribution in [0.2, 0.25) is 5.02 Å². The lowest BCUT2D eigenvalue weighted by Crippen LogP contribution is -2.45. The van der Waals surface area contributed by atoms with Gasteiger partial charge in [0.15, 0.2) is 0 Å². The number of halogens is 1. The summed E-state index contributed by atoms with van der Waals surface area (Å²) < 4.78 is 32.1. The SMILES string of the molecule is Cc1ccc2c(c1)OC(C)(C)CC2NC(=O)CN(c1cccc(Cl)c1C)S(C)(=O)=O. The van der Waals surface area contributed by atoms with Crippen LogP contribution in [0, 0.1) is 13.8 Å². The number of aryl methyl sites for hydroxylation is 1. The van der Waals surface area contributed by atoms with Crippen LogP contribution in [-0.4, -0.2) is 32.7 Å². The molecule has 30 heavy (non-hydrogen) atoms. The summed E-state index contributed by atoms with van der Waals surface area (Å²) in [5.41, 5.74) is 2.49. The maximum Gasteiger partial charge on any atom is 0.241 e. The van der Waals surface area contributed by atoms with Crippen molar-refractivity contribution in [2.75, 3.05) is 17.1 Å². The minimum atomic E-state index is -3.69. The molecule has 8 heteroatoms. The Bertz CT molecular complexity index is 1080. The second-order valence-electron chi connectivity index (χ2n) is 8.38. The van der Waals surface area contributed by atoms with E-state index in [2.05, 4.69) is 5.32 Å². The first-order valence-electron chi connectivity index (χ1n) is 9.69. The molecule has 1 aliphatic heterocycles. The van der Waals surface area contributed by atoms with Crippen LogP contribution >= 0.6 is 11.6 Å². The van der Waals surface area contributed by atoms with Crippen LogP contribution < -0.4 is 14.4 Å². The first-order valence-corrected chi connectivity index (χ1v) is 11.9. The highest BCUT2D eigenvalue weighted by Gasteiger charge is 2.35. The van der Waals surface area contributed by atoms with Gasteiger partial charge in [-0.05, 0) is 57.0 Å². The number of rotatable bonds is 5. The molecule has 162 valence electrons. The van der Waals surface area contributed by atoms with Crippen molar-refractivity contribution < 1.29 is 17.9 Å². The first-order chi connectivity index (χ1) is 13.9. The molecule has 2 aromatic rings. The highest BCUT2D eigenvalue weighted by Crippen LogP contribution is 2.40. The largest absolute Gasteiger partial charge is 0.487 e. The summed E-state index contributed by atoms with van der Waals surface area (Å²) in [5, 5.41) is 3.44. The van der Waals surface area contributed by atoms with E-state index in [0.717, 1.165) is 27.4 Å². The Labute approximate surface area is 183 Å². The number of carbonyl (C=O) groups excluding carboxylic acids is 1. The van der Waals surface area contributed by atoms with E-state index in [-0.39, 0.29) is 12.6 Å². The van der Waals surface area contributed by atoms with Crippen LogP contribution in [0.15, 0.2) is 36.4 Å². The predicted octanol–water partition coefficient (Wildman–Crippen LogP) is 4.14. The van der Waals surface area contributed by atoms with Gasteiger partial charge in [0.05, 0.1) is 18.0 Å². The van der Waals surface area contributed by atoms with Gasteiger partial charge < -0.3 is 10.1 Å². The number of anilines is 1. The molecule has 0 fully saturated rings. The number of sulfonamides is 1. The summed E-state index contributed by atoms with van der Waals surface area (Å²) >= 11 is 6.16. The number of benzene rings is 2. The molecule has 3 rings (SSSR count). The number of carbonyl (C=O) groups is 1. The molecular weight excluding hydrogens is 424 g/mol. The molecule has 0 bridgehead atoms. The summed E-state index contributed by atoms with van der Waals surface area (Å²) in [7, 11) is -3.69. The van der Waals surface area contributed by atoms with Crippen molar-refractivity contribution >= 4 is 33.2 Å². The highest BCUT2D eigenvalue weighted by molar-refractivity contribution is 7.92. The number of hydrogen-bond acceptors (Lipinski definition) is 4. The van der Waals surface area contributed by atoms with Gasteiger partial charge in [0.2, 0.25) is 15.9 Å². The lowest BCUT2D eigenvalue weighted by Gasteiger charge is -2.38. The normalized spacial score (nSPS) is 17.6. The first kappa shape index (κ1) is 22.4. The molecule has 2 aromatic carbocycles. The number of nitrogens with one attached hydrogen (secondary N) is 1. The van der Waals surface area contributed by atoms with Crippen molar-refractivity contribution in [1.29, 1.82) is 0 Å². The Hall–Kier alpha value is -2.25. The highest BCUT2D eigenvalue weighted by atomic mass is 35.5. The van der Waals surface area contributed by atoms with Crippen LogP contribution in [-0.2, 0) is 14.8 Å². The van der Waals surface area contributed by atoms with Crippen molar-refractivity contribution in [3.63, 3.8) is 0 Å². The van der Waals surface area contributed by atoms with Gasteiger partial charge in [-0.2, -0.15) is 0 Å². The summed E-state index contributed by atoms with van der Waals surface area (Å²) in [6.45, 7) is 7.31. The second kappa shape index (κ2) is 8.12. The van der Waals surface area contributed by atoms with E-state index in [1.807, 2.05) is 39.0 Å². The molecular formula is C22H27ClN2O4S. The molecule has 0 aromatic heterocycles. The zero-order chi connectivity index (χ0) is 22.3. The zero-order valence-corrected chi connectivity index (χ0v) is 19.4. The molecule has 0 aliphatic carbocycles. The van der Waals surface area contributed by atoms with Gasteiger partial charge in [-0.15, -0.1) is 0 Å². The van der Waals surface area contributed by atoms with Gasteiger partial charge in [0.1, 0.15) is 17.9 Å². The fraction of sp³-hybridized carbons (Fsp3) is 0.409. The summed E-state index contributed by atoms with van der Waals surface area (Å²) in [6.07, 6.45) is 1.65. The minimum absolute atomic E-state index is 0.279. The van der Waals surface area contributed by atoms with Gasteiger partial charge in [-0.3, -0.25) is 9.10 Å². The molecule has 0 spiro atoms. The van der Waals surface area contributed by atoms with E-state index in [9.17, 15) is 13.2 Å². The van der Waals surface area contributed by atoms with Crippen molar-refractivity contribution in [2.45, 2.75) is 45.8 Å². The van der Waals surface area contributed by atoms with E-state index in [1.165, 1.54) is 0 Å². The third-order valence-electron chi connectivity index (χ3n) is 5.16. The summed E-state index contributed by atoms with van der Waals surface area (Å²) in [6, 6.07) is 10.6. The van der Waals surface area contributed by atoms with E-state index >= 15 is 0 Å². The lowest BCUT2D eigenvalue weighted by atomic mass is 9.89. The lowest BCUT2D eigenvalue weighted by molar-refractivity contribution is -0.120. The molecule has 0 saturated carbocycles. The molecule has 0 radical (unpaired) electrons. The average Bonchev–Trinajstić information content (AvgIpc) is 2.60. The topological polar surface area (TPSA) is 75.7 Å². The fourth-order valence-corrected chi connectivity index (χ4v) is 4.78. The third kappa shape index (κ3) is 4.90. The maximum absolute atomic E-state index is 12.9. The molecule has 0 saturated heterocycles. The van der Waals surface area contributed by atoms with Gasteiger partial charge in [-0.1, -0.05) is 29.8 Å². The monoisotopic (exact) mass is 450 g/mol. The minimum Gasteiger partial charge on any atom is -0.487 e. The molecule has 1 unspecified atom stereocenters. The molecule has 1 N–H and O–H groups in total. The maximum atomic E-state index is 12.9. The smallest absolute Gasteiger partial charge is 0.241 e. The second-order valence-corrected chi connectivity index (χ2v) is 10.7. The Morgan fingerprint density at radius 2 is 1.97 bits per heavy atom. The zero-order valence-electron chi connectivity index (χ0n) is 17.8.